The van der Waals surface area contributed by atoms with Gasteiger partial charge in [-0.3, -0.25) is 9.48 Å². The third-order valence-corrected chi connectivity index (χ3v) is 4.40. The van der Waals surface area contributed by atoms with Gasteiger partial charge in [0.25, 0.3) is 0 Å². The number of rotatable bonds is 6. The Balaban J connectivity index is 1.80. The van der Waals surface area contributed by atoms with Gasteiger partial charge in [0.2, 0.25) is 5.91 Å². The van der Waals surface area contributed by atoms with E-state index in [1.165, 1.54) is 6.33 Å². The lowest BCUT2D eigenvalue weighted by atomic mass is 10.2. The van der Waals surface area contributed by atoms with Crippen molar-refractivity contribution < 1.29 is 4.79 Å². The van der Waals surface area contributed by atoms with Crippen LogP contribution in [0.3, 0.4) is 0 Å². The lowest BCUT2D eigenvalue weighted by Crippen LogP contribution is -2.30. The molecule has 0 unspecified atom stereocenters. The number of amides is 1. The van der Waals surface area contributed by atoms with Crippen LogP contribution in [0.4, 0.5) is 5.69 Å². The minimum absolute atomic E-state index is 0.0214. The number of carbonyl (C=O) groups is 1. The molecule has 2 aromatic heterocycles. The first-order chi connectivity index (χ1) is 11.8. The zero-order valence-electron chi connectivity index (χ0n) is 13.0. The summed E-state index contributed by atoms with van der Waals surface area (Å²) in [7, 11) is 0. The van der Waals surface area contributed by atoms with Crippen LogP contribution in [0.2, 0.25) is 0 Å². The van der Waals surface area contributed by atoms with Gasteiger partial charge in [0.15, 0.2) is 0 Å². The van der Waals surface area contributed by atoms with Crippen LogP contribution in [0.25, 0.3) is 0 Å². The quantitative estimate of drug-likeness (QED) is 0.650. The van der Waals surface area contributed by atoms with Crippen molar-refractivity contribution in [1.82, 2.24) is 14.8 Å². The van der Waals surface area contributed by atoms with Crippen LogP contribution in [-0.2, 0) is 17.9 Å². The SMILES string of the molecule is C#Cc1cccc(N(Cc2cccs2)C(=O)CCn2cncn2)c1. The average Bonchev–Trinajstić information content (AvgIpc) is 3.31. The zero-order valence-corrected chi connectivity index (χ0v) is 13.8. The Hall–Kier alpha value is -2.91. The van der Waals surface area contributed by atoms with E-state index in [2.05, 4.69) is 16.0 Å². The molecule has 24 heavy (non-hydrogen) atoms. The maximum Gasteiger partial charge on any atom is 0.229 e. The van der Waals surface area contributed by atoms with Crippen molar-refractivity contribution in [3.8, 4) is 12.3 Å². The van der Waals surface area contributed by atoms with Gasteiger partial charge in [0.05, 0.1) is 13.1 Å². The topological polar surface area (TPSA) is 51.0 Å². The van der Waals surface area contributed by atoms with Crippen LogP contribution in [-0.4, -0.2) is 20.7 Å². The predicted molar refractivity (Wildman–Crippen MR) is 94.5 cm³/mol. The molecular formula is C18H16N4OS. The maximum atomic E-state index is 12.8. The number of aryl methyl sites for hydroxylation is 1. The Morgan fingerprint density at radius 3 is 2.96 bits per heavy atom. The Morgan fingerprint density at radius 1 is 1.33 bits per heavy atom. The van der Waals surface area contributed by atoms with Crippen molar-refractivity contribution >= 4 is 22.9 Å². The Bertz CT molecular complexity index is 834. The van der Waals surface area contributed by atoms with Crippen LogP contribution in [0, 0.1) is 12.3 Å². The number of hydrogen-bond donors (Lipinski definition) is 0. The van der Waals surface area contributed by atoms with Crippen molar-refractivity contribution in [2.75, 3.05) is 4.90 Å². The summed E-state index contributed by atoms with van der Waals surface area (Å²) in [5, 5.41) is 6.04. The van der Waals surface area contributed by atoms with Crippen LogP contribution >= 0.6 is 11.3 Å². The minimum atomic E-state index is 0.0214. The highest BCUT2D eigenvalue weighted by atomic mass is 32.1. The van der Waals surface area contributed by atoms with Crippen LogP contribution in [0.5, 0.6) is 0 Å². The molecule has 2 heterocycles. The summed E-state index contributed by atoms with van der Waals surface area (Å²) in [6, 6.07) is 11.5. The predicted octanol–water partition coefficient (Wildman–Crippen LogP) is 2.94. The highest BCUT2D eigenvalue weighted by Crippen LogP contribution is 2.22. The van der Waals surface area contributed by atoms with Gasteiger partial charge >= 0.3 is 0 Å². The molecule has 1 amide bonds. The summed E-state index contributed by atoms with van der Waals surface area (Å²) in [5.74, 6) is 2.64. The van der Waals surface area contributed by atoms with Crippen LogP contribution < -0.4 is 4.90 Å². The normalized spacial score (nSPS) is 10.3. The monoisotopic (exact) mass is 336 g/mol. The standard InChI is InChI=1S/C18H16N4OS/c1-2-15-5-3-6-16(11-15)22(12-17-7-4-10-24-17)18(23)8-9-21-14-19-13-20-21/h1,3-7,10-11,13-14H,8-9,12H2. The van der Waals surface area contributed by atoms with E-state index in [9.17, 15) is 4.79 Å². The van der Waals surface area contributed by atoms with Gasteiger partial charge in [0.1, 0.15) is 12.7 Å². The lowest BCUT2D eigenvalue weighted by Gasteiger charge is -2.22. The Labute approximate surface area is 144 Å². The second-order valence-corrected chi connectivity index (χ2v) is 6.19. The number of carbonyl (C=O) groups excluding carboxylic acids is 1. The maximum absolute atomic E-state index is 12.8. The molecule has 3 aromatic rings. The van der Waals surface area contributed by atoms with E-state index in [4.69, 9.17) is 6.42 Å². The molecule has 1 aromatic carbocycles. The first-order valence-electron chi connectivity index (χ1n) is 7.48. The molecule has 120 valence electrons. The summed E-state index contributed by atoms with van der Waals surface area (Å²) in [4.78, 5) is 19.6. The van der Waals surface area contributed by atoms with E-state index in [1.807, 2.05) is 41.8 Å². The molecule has 5 nitrogen and oxygen atoms in total. The third kappa shape index (κ3) is 3.89. The molecule has 0 saturated heterocycles. The third-order valence-electron chi connectivity index (χ3n) is 3.54. The summed E-state index contributed by atoms with van der Waals surface area (Å²) < 4.78 is 1.65. The van der Waals surface area contributed by atoms with E-state index in [0.717, 1.165) is 16.1 Å². The second-order valence-electron chi connectivity index (χ2n) is 5.16. The van der Waals surface area contributed by atoms with Crippen molar-refractivity contribution in [1.29, 1.82) is 0 Å². The fourth-order valence-electron chi connectivity index (χ4n) is 2.34. The Morgan fingerprint density at radius 2 is 2.25 bits per heavy atom. The molecule has 0 aliphatic rings. The molecule has 0 saturated carbocycles. The average molecular weight is 336 g/mol. The second kappa shape index (κ2) is 7.57. The fraction of sp³-hybridized carbons (Fsp3) is 0.167. The lowest BCUT2D eigenvalue weighted by molar-refractivity contribution is -0.119. The number of anilines is 1. The van der Waals surface area contributed by atoms with E-state index in [-0.39, 0.29) is 5.91 Å². The van der Waals surface area contributed by atoms with Crippen molar-refractivity contribution in [2.24, 2.45) is 0 Å². The van der Waals surface area contributed by atoms with Gasteiger partial charge in [-0.15, -0.1) is 17.8 Å². The summed E-state index contributed by atoms with van der Waals surface area (Å²) in [5.41, 5.74) is 1.56. The molecule has 0 atom stereocenters. The molecule has 0 radical (unpaired) electrons. The summed E-state index contributed by atoms with van der Waals surface area (Å²) in [6.45, 7) is 1.02. The molecule has 3 rings (SSSR count). The van der Waals surface area contributed by atoms with E-state index in [1.54, 1.807) is 27.2 Å². The number of aromatic nitrogens is 3. The van der Waals surface area contributed by atoms with Gasteiger partial charge < -0.3 is 4.90 Å². The van der Waals surface area contributed by atoms with Crippen molar-refractivity contribution in [3.05, 3.63) is 64.9 Å². The molecule has 0 bridgehead atoms. The molecular weight excluding hydrogens is 320 g/mol. The molecule has 0 N–H and O–H groups in total. The minimum Gasteiger partial charge on any atom is -0.307 e. The van der Waals surface area contributed by atoms with Crippen LogP contribution in [0.15, 0.2) is 54.4 Å². The Kier molecular flexibility index (Phi) is 5.04. The summed E-state index contributed by atoms with van der Waals surface area (Å²) >= 11 is 1.63. The van der Waals surface area contributed by atoms with Gasteiger partial charge in [-0.05, 0) is 29.6 Å². The van der Waals surface area contributed by atoms with E-state index in [0.29, 0.717) is 19.5 Å². The van der Waals surface area contributed by atoms with Gasteiger partial charge in [-0.1, -0.05) is 18.1 Å². The van der Waals surface area contributed by atoms with Gasteiger partial charge in [-0.2, -0.15) is 5.10 Å². The first kappa shape index (κ1) is 16.0. The van der Waals surface area contributed by atoms with Gasteiger partial charge in [-0.25, -0.2) is 4.98 Å². The van der Waals surface area contributed by atoms with E-state index < -0.39 is 0 Å². The fourth-order valence-corrected chi connectivity index (χ4v) is 3.03. The van der Waals surface area contributed by atoms with Crippen molar-refractivity contribution in [3.63, 3.8) is 0 Å². The molecule has 0 fully saturated rings. The highest BCUT2D eigenvalue weighted by molar-refractivity contribution is 7.09. The molecule has 0 aliphatic carbocycles. The summed E-state index contributed by atoms with van der Waals surface area (Å²) in [6.07, 6.45) is 8.90. The number of terminal acetylenes is 1. The molecule has 0 aliphatic heterocycles. The molecule has 6 heteroatoms. The number of nitrogens with zero attached hydrogens (tertiary/aromatic N) is 4. The van der Waals surface area contributed by atoms with Crippen molar-refractivity contribution in [2.45, 2.75) is 19.5 Å². The zero-order chi connectivity index (χ0) is 16.8. The van der Waals surface area contributed by atoms with Crippen LogP contribution in [0.1, 0.15) is 16.9 Å². The largest absolute Gasteiger partial charge is 0.307 e. The van der Waals surface area contributed by atoms with E-state index >= 15 is 0 Å². The smallest absolute Gasteiger partial charge is 0.229 e. The number of thiophene rings is 1. The first-order valence-corrected chi connectivity index (χ1v) is 8.36. The number of hydrogen-bond acceptors (Lipinski definition) is 4. The molecule has 0 spiro atoms. The highest BCUT2D eigenvalue weighted by Gasteiger charge is 2.17. The number of benzene rings is 1. The van der Waals surface area contributed by atoms with Gasteiger partial charge in [0, 0.05) is 22.5 Å².